The van der Waals surface area contributed by atoms with Crippen molar-refractivity contribution in [3.63, 3.8) is 0 Å². The van der Waals surface area contributed by atoms with Gasteiger partial charge in [-0.2, -0.15) is 13.2 Å². The van der Waals surface area contributed by atoms with Crippen molar-refractivity contribution in [1.29, 1.82) is 0 Å². The highest BCUT2D eigenvalue weighted by Crippen LogP contribution is 2.36. The maximum Gasteiger partial charge on any atom is 0.433 e. The van der Waals surface area contributed by atoms with E-state index in [1.165, 1.54) is 17.8 Å². The van der Waals surface area contributed by atoms with E-state index in [4.69, 9.17) is 18.9 Å². The summed E-state index contributed by atoms with van der Waals surface area (Å²) in [7, 11) is 0. The van der Waals surface area contributed by atoms with E-state index in [2.05, 4.69) is 4.98 Å². The molecular weight excluding hydrogens is 563 g/mol. The van der Waals surface area contributed by atoms with Crippen molar-refractivity contribution in [2.45, 2.75) is 54.6 Å². The zero-order valence-corrected chi connectivity index (χ0v) is 23.7. The molecule has 0 amide bonds. The molecule has 0 spiro atoms. The third kappa shape index (κ3) is 8.65. The number of thioether (sulfide) groups is 1. The van der Waals surface area contributed by atoms with E-state index in [1.54, 1.807) is 6.07 Å². The number of alkyl halides is 3. The topological polar surface area (TPSA) is 49.8 Å². The summed E-state index contributed by atoms with van der Waals surface area (Å²) < 4.78 is 65.5. The first kappa shape index (κ1) is 30.3. The number of hydrogen-bond donors (Lipinski definition) is 0. The number of ether oxygens (including phenoxy) is 4. The lowest BCUT2D eigenvalue weighted by atomic mass is 10.0. The van der Waals surface area contributed by atoms with Gasteiger partial charge in [-0.15, -0.1) is 0 Å². The average Bonchev–Trinajstić information content (AvgIpc) is 3.01. The van der Waals surface area contributed by atoms with Crippen LogP contribution in [0.1, 0.15) is 22.4 Å². The predicted molar refractivity (Wildman–Crippen MR) is 155 cm³/mol. The Balaban J connectivity index is 1.38. The Hall–Kier alpha value is -3.21. The Labute approximate surface area is 248 Å². The fourth-order valence-corrected chi connectivity index (χ4v) is 5.81. The van der Waals surface area contributed by atoms with Gasteiger partial charge in [-0.05, 0) is 28.8 Å². The molecule has 5 rings (SSSR count). The van der Waals surface area contributed by atoms with E-state index in [0.29, 0.717) is 19.8 Å². The van der Waals surface area contributed by atoms with Crippen molar-refractivity contribution >= 4 is 11.8 Å². The van der Waals surface area contributed by atoms with Crippen LogP contribution in [0.4, 0.5) is 13.2 Å². The van der Waals surface area contributed by atoms with Crippen LogP contribution in [0.25, 0.3) is 0 Å². The zero-order valence-electron chi connectivity index (χ0n) is 22.9. The molecule has 0 unspecified atom stereocenters. The van der Waals surface area contributed by atoms with Gasteiger partial charge in [0.25, 0.3) is 0 Å². The number of benzene rings is 3. The number of halogens is 3. The maximum absolute atomic E-state index is 13.4. The largest absolute Gasteiger partial charge is 0.433 e. The van der Waals surface area contributed by atoms with Gasteiger partial charge < -0.3 is 18.9 Å². The van der Waals surface area contributed by atoms with Gasteiger partial charge in [-0.3, -0.25) is 0 Å². The summed E-state index contributed by atoms with van der Waals surface area (Å²) >= 11 is 1.20. The first-order valence-electron chi connectivity index (χ1n) is 13.7. The fourth-order valence-electron chi connectivity index (χ4n) is 4.67. The summed E-state index contributed by atoms with van der Waals surface area (Å²) in [6.07, 6.45) is -6.06. The number of nitrogens with zero attached hydrogens (tertiary/aromatic N) is 1. The number of pyridine rings is 1. The summed E-state index contributed by atoms with van der Waals surface area (Å²) in [5, 5.41) is -0.136. The molecule has 0 aliphatic carbocycles. The van der Waals surface area contributed by atoms with E-state index in [0.717, 1.165) is 22.8 Å². The number of hydrogen-bond acceptors (Lipinski definition) is 6. The molecule has 1 fully saturated rings. The van der Waals surface area contributed by atoms with E-state index in [-0.39, 0.29) is 23.5 Å². The van der Waals surface area contributed by atoms with Gasteiger partial charge in [0.2, 0.25) is 0 Å². The van der Waals surface area contributed by atoms with E-state index < -0.39 is 30.2 Å². The highest BCUT2D eigenvalue weighted by molar-refractivity contribution is 8.00. The van der Waals surface area contributed by atoms with E-state index >= 15 is 0 Å². The minimum absolute atomic E-state index is 0.229. The molecule has 1 aromatic heterocycles. The molecule has 1 saturated heterocycles. The molecule has 0 radical (unpaired) electrons. The monoisotopic (exact) mass is 595 g/mol. The smallest absolute Gasteiger partial charge is 0.374 e. The number of rotatable bonds is 12. The summed E-state index contributed by atoms with van der Waals surface area (Å²) in [6, 6.07) is 33.3. The van der Waals surface area contributed by atoms with E-state index in [9.17, 15) is 13.2 Å². The van der Waals surface area contributed by atoms with Crippen LogP contribution in [-0.4, -0.2) is 41.8 Å². The van der Waals surface area contributed by atoms with Gasteiger partial charge in [0, 0.05) is 0 Å². The summed E-state index contributed by atoms with van der Waals surface area (Å²) in [5.74, 6) is 0. The molecule has 0 saturated carbocycles. The molecule has 5 nitrogen and oxygen atoms in total. The molecule has 220 valence electrons. The Morgan fingerprint density at radius 2 is 1.24 bits per heavy atom. The van der Waals surface area contributed by atoms with Crippen molar-refractivity contribution in [2.75, 3.05) is 13.2 Å². The first-order chi connectivity index (χ1) is 20.5. The standard InChI is InChI=1S/C33H32F3NO4S/c34-33(35,36)29-17-10-18-30(37-29)42-28-23-39-27(22-38-19-24-11-4-1-5-12-24)31(40-20-25-13-6-2-7-14-25)32(28)41-21-26-15-8-3-9-16-26/h1-18,27-28,31-32H,19-23H2/t27-,28+,31+,32-/m1/s1. The molecular formula is C33H32F3NO4S. The predicted octanol–water partition coefficient (Wildman–Crippen LogP) is 7.35. The third-order valence-corrected chi connectivity index (χ3v) is 7.96. The van der Waals surface area contributed by atoms with Crippen LogP contribution < -0.4 is 0 Å². The van der Waals surface area contributed by atoms with Crippen LogP contribution in [0.3, 0.4) is 0 Å². The quantitative estimate of drug-likeness (QED) is 0.171. The lowest BCUT2D eigenvalue weighted by Gasteiger charge is -2.42. The molecule has 4 aromatic rings. The molecule has 2 heterocycles. The Bertz CT molecular complexity index is 1360. The SMILES string of the molecule is FC(F)(F)c1cccc(S[C@H]2CO[C@H](COCc3ccccc3)[C@H](OCc3ccccc3)[C@@H]2OCc2ccccc2)n1. The molecule has 4 atom stereocenters. The van der Waals surface area contributed by atoms with E-state index in [1.807, 2.05) is 91.0 Å². The van der Waals surface area contributed by atoms with Crippen molar-refractivity contribution in [3.8, 4) is 0 Å². The van der Waals surface area contributed by atoms with Crippen molar-refractivity contribution in [3.05, 3.63) is 132 Å². The van der Waals surface area contributed by atoms with Crippen LogP contribution in [0, 0.1) is 0 Å². The normalized spacial score (nSPS) is 20.8. The third-order valence-electron chi connectivity index (χ3n) is 6.78. The molecule has 3 aromatic carbocycles. The highest BCUT2D eigenvalue weighted by atomic mass is 32.2. The average molecular weight is 596 g/mol. The Morgan fingerprint density at radius 3 is 1.81 bits per heavy atom. The molecule has 1 aliphatic rings. The molecule has 1 aliphatic heterocycles. The van der Waals surface area contributed by atoms with Crippen LogP contribution in [-0.2, 0) is 44.9 Å². The minimum atomic E-state index is -4.54. The van der Waals surface area contributed by atoms with Gasteiger partial charge in [0.15, 0.2) is 0 Å². The van der Waals surface area contributed by atoms with Crippen LogP contribution in [0.15, 0.2) is 114 Å². The first-order valence-corrected chi connectivity index (χ1v) is 14.6. The molecule has 42 heavy (non-hydrogen) atoms. The van der Waals surface area contributed by atoms with Gasteiger partial charge >= 0.3 is 6.18 Å². The van der Waals surface area contributed by atoms with Gasteiger partial charge in [-0.1, -0.05) is 109 Å². The minimum Gasteiger partial charge on any atom is -0.374 e. The molecule has 0 bridgehead atoms. The lowest BCUT2D eigenvalue weighted by Crippen LogP contribution is -2.55. The molecule has 0 N–H and O–H groups in total. The second-order valence-corrected chi connectivity index (χ2v) is 11.2. The van der Waals surface area contributed by atoms with Crippen molar-refractivity contribution < 1.29 is 32.1 Å². The van der Waals surface area contributed by atoms with Crippen LogP contribution in [0.5, 0.6) is 0 Å². The van der Waals surface area contributed by atoms with Crippen molar-refractivity contribution in [2.24, 2.45) is 0 Å². The van der Waals surface area contributed by atoms with Gasteiger partial charge in [0.1, 0.15) is 24.0 Å². The van der Waals surface area contributed by atoms with Crippen LogP contribution >= 0.6 is 11.8 Å². The number of aromatic nitrogens is 1. The van der Waals surface area contributed by atoms with Crippen molar-refractivity contribution in [1.82, 2.24) is 4.98 Å². The van der Waals surface area contributed by atoms with Gasteiger partial charge in [0.05, 0.1) is 43.3 Å². The molecule has 9 heteroatoms. The lowest BCUT2D eigenvalue weighted by molar-refractivity contribution is -0.194. The van der Waals surface area contributed by atoms with Gasteiger partial charge in [-0.25, -0.2) is 4.98 Å². The maximum atomic E-state index is 13.4. The zero-order chi connectivity index (χ0) is 29.2. The second-order valence-electron chi connectivity index (χ2n) is 9.91. The Kier molecular flexibility index (Phi) is 10.7. The Morgan fingerprint density at radius 1 is 0.690 bits per heavy atom. The summed E-state index contributed by atoms with van der Waals surface area (Å²) in [5.41, 5.74) is 2.06. The summed E-state index contributed by atoms with van der Waals surface area (Å²) in [4.78, 5) is 3.87. The fraction of sp³-hybridized carbons (Fsp3) is 0.303. The van der Waals surface area contributed by atoms with Crippen LogP contribution in [0.2, 0.25) is 0 Å². The summed E-state index contributed by atoms with van der Waals surface area (Å²) in [6.45, 7) is 1.52. The second kappa shape index (κ2) is 14.8. The highest BCUT2D eigenvalue weighted by Gasteiger charge is 2.43.